The number of hydrogen-bond acceptors (Lipinski definition) is 4. The lowest BCUT2D eigenvalue weighted by Gasteiger charge is -2.29. The fourth-order valence-corrected chi connectivity index (χ4v) is 2.77. The van der Waals surface area contributed by atoms with Gasteiger partial charge in [-0.2, -0.15) is 0 Å². The van der Waals surface area contributed by atoms with Crippen LogP contribution >= 0.6 is 0 Å². The van der Waals surface area contributed by atoms with Crippen molar-refractivity contribution in [2.75, 3.05) is 18.5 Å². The maximum absolute atomic E-state index is 4.42. The van der Waals surface area contributed by atoms with Crippen molar-refractivity contribution in [2.45, 2.75) is 44.9 Å². The standard InChI is InChI=1S/C13H20N4/c1-4-8-17(9-5-1)16-13-11-6-2-3-7-12(11)14-10-15-13/h10H,1-9H2,(H,14,15,16). The number of nitrogens with one attached hydrogen (secondary N) is 1. The monoisotopic (exact) mass is 232 g/mol. The molecule has 0 saturated carbocycles. The third kappa shape index (κ3) is 2.41. The molecule has 1 N–H and O–H groups in total. The molecule has 2 aliphatic rings. The maximum Gasteiger partial charge on any atom is 0.147 e. The minimum absolute atomic E-state index is 1.05. The van der Waals surface area contributed by atoms with Gasteiger partial charge in [-0.1, -0.05) is 6.42 Å². The van der Waals surface area contributed by atoms with Crippen molar-refractivity contribution in [3.8, 4) is 0 Å². The largest absolute Gasteiger partial charge is 0.303 e. The molecule has 2 heterocycles. The van der Waals surface area contributed by atoms with Crippen LogP contribution in [0.1, 0.15) is 43.4 Å². The van der Waals surface area contributed by atoms with Crippen molar-refractivity contribution in [1.82, 2.24) is 15.0 Å². The van der Waals surface area contributed by atoms with Crippen molar-refractivity contribution in [3.63, 3.8) is 0 Å². The molecule has 0 unspecified atom stereocenters. The van der Waals surface area contributed by atoms with Crippen LogP contribution in [0.4, 0.5) is 5.82 Å². The lowest BCUT2D eigenvalue weighted by Crippen LogP contribution is -2.35. The van der Waals surface area contributed by atoms with E-state index in [4.69, 9.17) is 0 Å². The molecule has 0 bridgehead atoms. The lowest BCUT2D eigenvalue weighted by atomic mass is 9.96. The minimum atomic E-state index is 1.05. The molecule has 0 amide bonds. The van der Waals surface area contributed by atoms with Gasteiger partial charge in [0.15, 0.2) is 0 Å². The van der Waals surface area contributed by atoms with E-state index < -0.39 is 0 Å². The number of anilines is 1. The molecular weight excluding hydrogens is 212 g/mol. The van der Waals surface area contributed by atoms with E-state index in [0.717, 1.165) is 31.7 Å². The third-order valence-electron chi connectivity index (χ3n) is 3.75. The quantitative estimate of drug-likeness (QED) is 0.848. The number of fused-ring (bicyclic) bond motifs is 1. The minimum Gasteiger partial charge on any atom is -0.303 e. The molecule has 3 rings (SSSR count). The summed E-state index contributed by atoms with van der Waals surface area (Å²) in [5.74, 6) is 1.05. The Labute approximate surface area is 102 Å². The number of rotatable bonds is 2. The van der Waals surface area contributed by atoms with Crippen molar-refractivity contribution in [3.05, 3.63) is 17.6 Å². The molecule has 1 aliphatic carbocycles. The highest BCUT2D eigenvalue weighted by Crippen LogP contribution is 2.25. The van der Waals surface area contributed by atoms with E-state index in [2.05, 4.69) is 20.4 Å². The first-order chi connectivity index (χ1) is 8.43. The first-order valence-corrected chi connectivity index (χ1v) is 6.78. The van der Waals surface area contributed by atoms with Gasteiger partial charge >= 0.3 is 0 Å². The summed E-state index contributed by atoms with van der Waals surface area (Å²) < 4.78 is 0. The average molecular weight is 232 g/mol. The van der Waals surface area contributed by atoms with Crippen LogP contribution in [0.2, 0.25) is 0 Å². The van der Waals surface area contributed by atoms with Gasteiger partial charge in [0, 0.05) is 24.3 Å². The van der Waals surface area contributed by atoms with Gasteiger partial charge in [0.2, 0.25) is 0 Å². The van der Waals surface area contributed by atoms with E-state index in [0.29, 0.717) is 0 Å². The van der Waals surface area contributed by atoms with Crippen LogP contribution in [-0.2, 0) is 12.8 Å². The SMILES string of the molecule is c1nc2c(c(NN3CCCCC3)n1)CCCC2. The Hall–Kier alpha value is -1.16. The Bertz CT molecular complexity index is 385. The first-order valence-electron chi connectivity index (χ1n) is 6.78. The molecule has 0 radical (unpaired) electrons. The molecule has 4 heteroatoms. The van der Waals surface area contributed by atoms with Crippen LogP contribution in [-0.4, -0.2) is 28.1 Å². The molecule has 0 atom stereocenters. The Morgan fingerprint density at radius 3 is 2.65 bits per heavy atom. The summed E-state index contributed by atoms with van der Waals surface area (Å²) in [6.07, 6.45) is 10.4. The van der Waals surface area contributed by atoms with Crippen molar-refractivity contribution in [2.24, 2.45) is 0 Å². The van der Waals surface area contributed by atoms with Crippen molar-refractivity contribution >= 4 is 5.82 Å². The van der Waals surface area contributed by atoms with Gasteiger partial charge in [-0.25, -0.2) is 15.0 Å². The Morgan fingerprint density at radius 2 is 1.76 bits per heavy atom. The molecule has 1 saturated heterocycles. The first kappa shape index (κ1) is 11.0. The zero-order valence-electron chi connectivity index (χ0n) is 10.3. The van der Waals surface area contributed by atoms with E-state index in [1.54, 1.807) is 6.33 Å². The van der Waals surface area contributed by atoms with Crippen LogP contribution < -0.4 is 5.43 Å². The number of nitrogens with zero attached hydrogens (tertiary/aromatic N) is 3. The van der Waals surface area contributed by atoms with Crippen LogP contribution in [0, 0.1) is 0 Å². The number of aromatic nitrogens is 2. The van der Waals surface area contributed by atoms with E-state index >= 15 is 0 Å². The highest BCUT2D eigenvalue weighted by atomic mass is 15.5. The molecule has 1 aliphatic heterocycles. The predicted molar refractivity (Wildman–Crippen MR) is 67.7 cm³/mol. The van der Waals surface area contributed by atoms with Gasteiger partial charge in [0.25, 0.3) is 0 Å². The fraction of sp³-hybridized carbons (Fsp3) is 0.692. The summed E-state index contributed by atoms with van der Waals surface area (Å²) >= 11 is 0. The van der Waals surface area contributed by atoms with Crippen molar-refractivity contribution in [1.29, 1.82) is 0 Å². The number of piperidine rings is 1. The van der Waals surface area contributed by atoms with Gasteiger partial charge < -0.3 is 5.43 Å². The summed E-state index contributed by atoms with van der Waals surface area (Å²) in [6, 6.07) is 0. The second-order valence-corrected chi connectivity index (χ2v) is 5.01. The van der Waals surface area contributed by atoms with E-state index in [9.17, 15) is 0 Å². The zero-order chi connectivity index (χ0) is 11.5. The van der Waals surface area contributed by atoms with Gasteiger partial charge in [0.1, 0.15) is 12.1 Å². The third-order valence-corrected chi connectivity index (χ3v) is 3.75. The highest BCUT2D eigenvalue weighted by molar-refractivity contribution is 5.46. The second kappa shape index (κ2) is 5.00. The molecule has 0 spiro atoms. The highest BCUT2D eigenvalue weighted by Gasteiger charge is 2.17. The molecule has 4 nitrogen and oxygen atoms in total. The van der Waals surface area contributed by atoms with Gasteiger partial charge in [0.05, 0.1) is 0 Å². The molecule has 1 fully saturated rings. The molecule has 17 heavy (non-hydrogen) atoms. The lowest BCUT2D eigenvalue weighted by molar-refractivity contribution is 0.271. The normalized spacial score (nSPS) is 20.9. The Kier molecular flexibility index (Phi) is 3.22. The van der Waals surface area contributed by atoms with E-state index in [1.165, 1.54) is 43.4 Å². The van der Waals surface area contributed by atoms with Crippen LogP contribution in [0.15, 0.2) is 6.33 Å². The van der Waals surface area contributed by atoms with Crippen LogP contribution in [0.3, 0.4) is 0 Å². The molecule has 92 valence electrons. The Balaban J connectivity index is 1.77. The maximum atomic E-state index is 4.42. The fourth-order valence-electron chi connectivity index (χ4n) is 2.77. The molecule has 1 aromatic rings. The summed E-state index contributed by atoms with van der Waals surface area (Å²) in [6.45, 7) is 2.28. The van der Waals surface area contributed by atoms with Gasteiger partial charge in [-0.3, -0.25) is 0 Å². The van der Waals surface area contributed by atoms with Gasteiger partial charge in [-0.05, 0) is 38.5 Å². The molecule has 1 aromatic heterocycles. The summed E-state index contributed by atoms with van der Waals surface area (Å²) in [4.78, 5) is 8.83. The smallest absolute Gasteiger partial charge is 0.147 e. The van der Waals surface area contributed by atoms with E-state index in [-0.39, 0.29) is 0 Å². The second-order valence-electron chi connectivity index (χ2n) is 5.01. The topological polar surface area (TPSA) is 41.1 Å². The molecule has 0 aromatic carbocycles. The summed E-state index contributed by atoms with van der Waals surface area (Å²) in [5.41, 5.74) is 6.10. The summed E-state index contributed by atoms with van der Waals surface area (Å²) in [7, 11) is 0. The van der Waals surface area contributed by atoms with Crippen molar-refractivity contribution < 1.29 is 0 Å². The number of hydrogen-bond donors (Lipinski definition) is 1. The zero-order valence-corrected chi connectivity index (χ0v) is 10.3. The molecular formula is C13H20N4. The predicted octanol–water partition coefficient (Wildman–Crippen LogP) is 2.17. The Morgan fingerprint density at radius 1 is 0.941 bits per heavy atom. The summed E-state index contributed by atoms with van der Waals surface area (Å²) in [5, 5.41) is 2.31. The van der Waals surface area contributed by atoms with Gasteiger partial charge in [-0.15, -0.1) is 0 Å². The van der Waals surface area contributed by atoms with Crippen LogP contribution in [0.5, 0.6) is 0 Å². The number of hydrazine groups is 1. The van der Waals surface area contributed by atoms with Crippen LogP contribution in [0.25, 0.3) is 0 Å². The van der Waals surface area contributed by atoms with E-state index in [1.807, 2.05) is 0 Å². The average Bonchev–Trinajstić information content (AvgIpc) is 2.40. The number of aryl methyl sites for hydroxylation is 1.